The van der Waals surface area contributed by atoms with Crippen LogP contribution in [-0.4, -0.2) is 39.9 Å². The lowest BCUT2D eigenvalue weighted by molar-refractivity contribution is -0.116. The SMILES string of the molecule is O=C1CCCc2cc(NC(=O)c3cn(C4CCNCC4)nn3)ccc2N1. The quantitative estimate of drug-likeness (QED) is 0.779. The van der Waals surface area contributed by atoms with E-state index in [0.717, 1.165) is 50.0 Å². The fourth-order valence-electron chi connectivity index (χ4n) is 3.48. The van der Waals surface area contributed by atoms with Gasteiger partial charge in [-0.2, -0.15) is 0 Å². The molecule has 8 nitrogen and oxygen atoms in total. The van der Waals surface area contributed by atoms with Crippen molar-refractivity contribution in [3.05, 3.63) is 35.7 Å². The number of benzene rings is 1. The van der Waals surface area contributed by atoms with Crippen LogP contribution in [0.2, 0.25) is 0 Å². The molecule has 0 unspecified atom stereocenters. The van der Waals surface area contributed by atoms with Crippen LogP contribution in [0.4, 0.5) is 11.4 Å². The summed E-state index contributed by atoms with van der Waals surface area (Å²) in [6.45, 7) is 1.91. The second-order valence-electron chi connectivity index (χ2n) is 6.79. The van der Waals surface area contributed by atoms with E-state index in [-0.39, 0.29) is 11.8 Å². The van der Waals surface area contributed by atoms with E-state index in [2.05, 4.69) is 26.3 Å². The van der Waals surface area contributed by atoms with Crippen LogP contribution in [0.3, 0.4) is 0 Å². The Hall–Kier alpha value is -2.74. The normalized spacial score (nSPS) is 17.9. The number of carbonyl (C=O) groups excluding carboxylic acids is 2. The molecule has 2 aliphatic rings. The molecule has 0 spiro atoms. The van der Waals surface area contributed by atoms with Crippen LogP contribution in [0.1, 0.15) is 47.8 Å². The van der Waals surface area contributed by atoms with Crippen molar-refractivity contribution in [2.45, 2.75) is 38.1 Å². The zero-order chi connectivity index (χ0) is 17.9. The van der Waals surface area contributed by atoms with Crippen molar-refractivity contribution in [1.29, 1.82) is 0 Å². The molecule has 1 saturated heterocycles. The summed E-state index contributed by atoms with van der Waals surface area (Å²) in [5.41, 5.74) is 2.86. The Labute approximate surface area is 151 Å². The molecule has 1 aromatic heterocycles. The third-order valence-electron chi connectivity index (χ3n) is 4.91. The number of aryl methyl sites for hydroxylation is 1. The van der Waals surface area contributed by atoms with Gasteiger partial charge in [0.25, 0.3) is 5.91 Å². The van der Waals surface area contributed by atoms with Crippen molar-refractivity contribution < 1.29 is 9.59 Å². The van der Waals surface area contributed by atoms with E-state index in [1.807, 2.05) is 12.1 Å². The first-order chi connectivity index (χ1) is 12.7. The highest BCUT2D eigenvalue weighted by Crippen LogP contribution is 2.25. The van der Waals surface area contributed by atoms with Gasteiger partial charge in [-0.15, -0.1) is 5.10 Å². The van der Waals surface area contributed by atoms with Gasteiger partial charge in [-0.25, -0.2) is 4.68 Å². The number of hydrogen-bond donors (Lipinski definition) is 3. The second kappa shape index (κ2) is 7.25. The molecule has 136 valence electrons. The largest absolute Gasteiger partial charge is 0.326 e. The van der Waals surface area contributed by atoms with E-state index in [1.54, 1.807) is 16.9 Å². The standard InChI is InChI=1S/C18H22N6O2/c25-17-3-1-2-12-10-13(4-5-15(12)21-17)20-18(26)16-11-24(23-22-16)14-6-8-19-9-7-14/h4-5,10-11,14,19H,1-3,6-9H2,(H,20,26)(H,21,25). The number of nitrogens with one attached hydrogen (secondary N) is 3. The number of rotatable bonds is 3. The minimum Gasteiger partial charge on any atom is -0.326 e. The van der Waals surface area contributed by atoms with E-state index in [1.165, 1.54) is 0 Å². The molecule has 0 saturated carbocycles. The Morgan fingerprint density at radius 1 is 1.23 bits per heavy atom. The Balaban J connectivity index is 1.46. The van der Waals surface area contributed by atoms with Crippen LogP contribution >= 0.6 is 0 Å². The first-order valence-electron chi connectivity index (χ1n) is 9.06. The number of amides is 2. The first kappa shape index (κ1) is 16.7. The molecule has 8 heteroatoms. The fraction of sp³-hybridized carbons (Fsp3) is 0.444. The van der Waals surface area contributed by atoms with Crippen molar-refractivity contribution in [3.8, 4) is 0 Å². The van der Waals surface area contributed by atoms with Crippen LogP contribution in [-0.2, 0) is 11.2 Å². The molecule has 0 atom stereocenters. The minimum absolute atomic E-state index is 0.0371. The first-order valence-corrected chi connectivity index (χ1v) is 9.06. The summed E-state index contributed by atoms with van der Waals surface area (Å²) in [6, 6.07) is 5.83. The molecule has 0 aliphatic carbocycles. The van der Waals surface area contributed by atoms with E-state index in [9.17, 15) is 9.59 Å². The van der Waals surface area contributed by atoms with Crippen LogP contribution in [0, 0.1) is 0 Å². The molecule has 26 heavy (non-hydrogen) atoms. The lowest BCUT2D eigenvalue weighted by atomic mass is 10.1. The van der Waals surface area contributed by atoms with Crippen molar-refractivity contribution in [1.82, 2.24) is 20.3 Å². The van der Waals surface area contributed by atoms with Crippen LogP contribution < -0.4 is 16.0 Å². The molecular formula is C18H22N6O2. The summed E-state index contributed by atoms with van der Waals surface area (Å²) in [6.07, 6.45) is 5.83. The molecule has 2 amide bonds. The molecule has 3 N–H and O–H groups in total. The Bertz CT molecular complexity index is 825. The minimum atomic E-state index is -0.275. The van der Waals surface area contributed by atoms with Gasteiger partial charge in [0.05, 0.1) is 12.2 Å². The zero-order valence-corrected chi connectivity index (χ0v) is 14.5. The van der Waals surface area contributed by atoms with Gasteiger partial charge in [0.1, 0.15) is 0 Å². The predicted molar refractivity (Wildman–Crippen MR) is 97.1 cm³/mol. The summed E-state index contributed by atoms with van der Waals surface area (Å²) in [5.74, 6) is -0.238. The average Bonchev–Trinajstić information content (AvgIpc) is 3.07. The summed E-state index contributed by atoms with van der Waals surface area (Å²) in [5, 5.41) is 17.2. The molecule has 2 aromatic rings. The second-order valence-corrected chi connectivity index (χ2v) is 6.79. The molecule has 4 rings (SSSR count). The lowest BCUT2D eigenvalue weighted by Crippen LogP contribution is -2.29. The monoisotopic (exact) mass is 354 g/mol. The molecule has 0 bridgehead atoms. The summed E-state index contributed by atoms with van der Waals surface area (Å²) in [4.78, 5) is 24.1. The van der Waals surface area contributed by atoms with Gasteiger partial charge in [-0.1, -0.05) is 5.21 Å². The van der Waals surface area contributed by atoms with Crippen LogP contribution in [0.25, 0.3) is 0 Å². The molecule has 2 aliphatic heterocycles. The van der Waals surface area contributed by atoms with Crippen LogP contribution in [0.5, 0.6) is 0 Å². The highest BCUT2D eigenvalue weighted by molar-refractivity contribution is 6.03. The highest BCUT2D eigenvalue weighted by Gasteiger charge is 2.19. The van der Waals surface area contributed by atoms with Crippen LogP contribution in [0.15, 0.2) is 24.4 Å². The van der Waals surface area contributed by atoms with Gasteiger partial charge in [-0.3, -0.25) is 9.59 Å². The topological polar surface area (TPSA) is 101 Å². The van der Waals surface area contributed by atoms with Gasteiger partial charge in [-0.05, 0) is 62.5 Å². The average molecular weight is 354 g/mol. The van der Waals surface area contributed by atoms with Gasteiger partial charge in [0.2, 0.25) is 5.91 Å². The van der Waals surface area contributed by atoms with Crippen molar-refractivity contribution >= 4 is 23.2 Å². The number of aromatic nitrogens is 3. The zero-order valence-electron chi connectivity index (χ0n) is 14.5. The maximum absolute atomic E-state index is 12.5. The molecule has 0 radical (unpaired) electrons. The smallest absolute Gasteiger partial charge is 0.277 e. The van der Waals surface area contributed by atoms with Gasteiger partial charge in [0.15, 0.2) is 5.69 Å². The number of fused-ring (bicyclic) bond motifs is 1. The Morgan fingerprint density at radius 3 is 2.92 bits per heavy atom. The van der Waals surface area contributed by atoms with E-state index < -0.39 is 0 Å². The molecule has 1 aromatic carbocycles. The molecular weight excluding hydrogens is 332 g/mol. The van der Waals surface area contributed by atoms with E-state index in [4.69, 9.17) is 0 Å². The molecule has 3 heterocycles. The van der Waals surface area contributed by atoms with E-state index >= 15 is 0 Å². The van der Waals surface area contributed by atoms with Crippen molar-refractivity contribution in [2.75, 3.05) is 23.7 Å². The number of anilines is 2. The number of piperidine rings is 1. The summed E-state index contributed by atoms with van der Waals surface area (Å²) < 4.78 is 1.79. The van der Waals surface area contributed by atoms with Gasteiger partial charge >= 0.3 is 0 Å². The highest BCUT2D eigenvalue weighted by atomic mass is 16.2. The third kappa shape index (κ3) is 3.60. The maximum Gasteiger partial charge on any atom is 0.277 e. The Morgan fingerprint density at radius 2 is 2.08 bits per heavy atom. The number of carbonyl (C=O) groups is 2. The lowest BCUT2D eigenvalue weighted by Gasteiger charge is -2.22. The summed E-state index contributed by atoms with van der Waals surface area (Å²) >= 11 is 0. The number of nitrogens with zero attached hydrogens (tertiary/aromatic N) is 3. The third-order valence-corrected chi connectivity index (χ3v) is 4.91. The maximum atomic E-state index is 12.5. The van der Waals surface area contributed by atoms with Gasteiger partial charge < -0.3 is 16.0 Å². The number of hydrogen-bond acceptors (Lipinski definition) is 5. The Kier molecular flexibility index (Phi) is 4.66. The summed E-state index contributed by atoms with van der Waals surface area (Å²) in [7, 11) is 0. The van der Waals surface area contributed by atoms with Gasteiger partial charge in [0, 0.05) is 17.8 Å². The van der Waals surface area contributed by atoms with Crippen molar-refractivity contribution in [3.63, 3.8) is 0 Å². The van der Waals surface area contributed by atoms with Crippen molar-refractivity contribution in [2.24, 2.45) is 0 Å². The molecule has 1 fully saturated rings. The predicted octanol–water partition coefficient (Wildman–Crippen LogP) is 1.73. The fourth-order valence-corrected chi connectivity index (χ4v) is 3.48. The van der Waals surface area contributed by atoms with E-state index in [0.29, 0.717) is 23.8 Å².